The van der Waals surface area contributed by atoms with Gasteiger partial charge in [-0.15, -0.1) is 0 Å². The topological polar surface area (TPSA) is 63.4 Å². The lowest BCUT2D eigenvalue weighted by molar-refractivity contribution is -0.120. The van der Waals surface area contributed by atoms with Gasteiger partial charge in [-0.25, -0.2) is 4.39 Å². The number of halogens is 1. The Bertz CT molecular complexity index is 963. The van der Waals surface area contributed by atoms with Crippen LogP contribution in [0.2, 0.25) is 0 Å². The van der Waals surface area contributed by atoms with Crippen LogP contribution < -0.4 is 14.8 Å². The highest BCUT2D eigenvalue weighted by Gasteiger charge is 2.33. The lowest BCUT2D eigenvalue weighted by atomic mass is 9.83. The maximum Gasteiger partial charge on any atom is 0.234 e. The monoisotopic (exact) mass is 356 g/mol. The molecule has 136 valence electrons. The lowest BCUT2D eigenvalue weighted by Gasteiger charge is -2.24. The number of carbonyl (C=O) groups is 1. The first-order valence-corrected chi connectivity index (χ1v) is 8.17. The lowest BCUT2D eigenvalue weighted by Crippen LogP contribution is -2.34. The van der Waals surface area contributed by atoms with Gasteiger partial charge in [0.1, 0.15) is 17.3 Å². The molecule has 0 aliphatic rings. The number of hydrogen-bond donors (Lipinski definition) is 2. The Morgan fingerprint density at radius 2 is 1.88 bits per heavy atom. The van der Waals surface area contributed by atoms with Crippen molar-refractivity contribution in [1.82, 2.24) is 4.98 Å². The number of aromatic amines is 1. The minimum atomic E-state index is -0.903. The summed E-state index contributed by atoms with van der Waals surface area (Å²) in [5.74, 6) is 0.547. The third-order valence-electron chi connectivity index (χ3n) is 4.54. The van der Waals surface area contributed by atoms with Crippen LogP contribution in [0.4, 0.5) is 10.1 Å². The third kappa shape index (κ3) is 3.10. The first-order chi connectivity index (χ1) is 12.4. The summed E-state index contributed by atoms with van der Waals surface area (Å²) >= 11 is 0. The van der Waals surface area contributed by atoms with E-state index in [9.17, 15) is 9.18 Å². The van der Waals surface area contributed by atoms with Crippen molar-refractivity contribution in [1.29, 1.82) is 0 Å². The van der Waals surface area contributed by atoms with Gasteiger partial charge in [0.15, 0.2) is 0 Å². The number of carbonyl (C=O) groups excluding carboxylic acids is 1. The highest BCUT2D eigenvalue weighted by Crippen LogP contribution is 2.34. The third-order valence-corrected chi connectivity index (χ3v) is 4.54. The number of anilines is 1. The highest BCUT2D eigenvalue weighted by molar-refractivity contribution is 6.02. The van der Waals surface area contributed by atoms with Crippen molar-refractivity contribution in [2.45, 2.75) is 19.3 Å². The second-order valence-corrected chi connectivity index (χ2v) is 6.54. The fraction of sp³-hybridized carbons (Fsp3) is 0.250. The van der Waals surface area contributed by atoms with E-state index >= 15 is 0 Å². The molecule has 1 amide bonds. The number of nitrogens with one attached hydrogen (secondary N) is 2. The smallest absolute Gasteiger partial charge is 0.234 e. The van der Waals surface area contributed by atoms with Gasteiger partial charge in [-0.05, 0) is 49.7 Å². The number of amides is 1. The SMILES string of the molecule is COc1ccc(OC)c(NC(=O)C(C)(C)c2c[nH]c3ccc(F)cc23)c1. The molecule has 0 aliphatic heterocycles. The molecule has 0 unspecified atom stereocenters. The fourth-order valence-electron chi connectivity index (χ4n) is 2.92. The maximum atomic E-state index is 13.7. The number of rotatable bonds is 5. The average molecular weight is 356 g/mol. The summed E-state index contributed by atoms with van der Waals surface area (Å²) in [6.45, 7) is 3.59. The zero-order valence-corrected chi connectivity index (χ0v) is 15.1. The Balaban J connectivity index is 1.97. The number of hydrogen-bond acceptors (Lipinski definition) is 3. The van der Waals surface area contributed by atoms with E-state index in [2.05, 4.69) is 10.3 Å². The second-order valence-electron chi connectivity index (χ2n) is 6.54. The van der Waals surface area contributed by atoms with Crippen molar-refractivity contribution in [3.05, 3.63) is 54.0 Å². The van der Waals surface area contributed by atoms with Crippen LogP contribution in [0, 0.1) is 5.82 Å². The summed E-state index contributed by atoms with van der Waals surface area (Å²) in [6.07, 6.45) is 1.74. The zero-order chi connectivity index (χ0) is 18.9. The van der Waals surface area contributed by atoms with E-state index in [1.807, 2.05) is 0 Å². The summed E-state index contributed by atoms with van der Waals surface area (Å²) in [7, 11) is 3.09. The van der Waals surface area contributed by atoms with Gasteiger partial charge in [-0.2, -0.15) is 0 Å². The minimum absolute atomic E-state index is 0.241. The van der Waals surface area contributed by atoms with Gasteiger partial charge >= 0.3 is 0 Å². The van der Waals surface area contributed by atoms with E-state index < -0.39 is 5.41 Å². The van der Waals surface area contributed by atoms with Crippen molar-refractivity contribution in [3.8, 4) is 11.5 Å². The normalized spacial score (nSPS) is 11.4. The Labute approximate surface area is 151 Å². The number of benzene rings is 2. The van der Waals surface area contributed by atoms with Gasteiger partial charge in [0.05, 0.1) is 25.3 Å². The van der Waals surface area contributed by atoms with Crippen LogP contribution in [0.1, 0.15) is 19.4 Å². The van der Waals surface area contributed by atoms with E-state index in [4.69, 9.17) is 9.47 Å². The molecule has 1 heterocycles. The minimum Gasteiger partial charge on any atom is -0.497 e. The molecule has 0 radical (unpaired) electrons. The van der Waals surface area contributed by atoms with Crippen LogP contribution in [0.25, 0.3) is 10.9 Å². The molecule has 26 heavy (non-hydrogen) atoms. The molecule has 0 atom stereocenters. The molecule has 3 aromatic rings. The summed E-state index contributed by atoms with van der Waals surface area (Å²) in [6, 6.07) is 9.65. The van der Waals surface area contributed by atoms with E-state index in [0.717, 1.165) is 5.52 Å². The standard InChI is InChI=1S/C20H21FN2O3/c1-20(2,15-11-22-16-7-5-12(21)9-14(15)16)19(24)23-17-10-13(25-3)6-8-18(17)26-4/h5-11,22H,1-4H3,(H,23,24). The Morgan fingerprint density at radius 3 is 2.58 bits per heavy atom. The summed E-state index contributed by atoms with van der Waals surface area (Å²) < 4.78 is 24.2. The van der Waals surface area contributed by atoms with Crippen LogP contribution in [0.5, 0.6) is 11.5 Å². The number of fused-ring (bicyclic) bond motifs is 1. The quantitative estimate of drug-likeness (QED) is 0.719. The first kappa shape index (κ1) is 17.8. The summed E-state index contributed by atoms with van der Waals surface area (Å²) in [4.78, 5) is 16.1. The molecule has 0 fully saturated rings. The van der Waals surface area contributed by atoms with Crippen LogP contribution in [-0.2, 0) is 10.2 Å². The Hall–Kier alpha value is -3.02. The molecule has 2 N–H and O–H groups in total. The predicted molar refractivity (Wildman–Crippen MR) is 99.5 cm³/mol. The number of ether oxygens (including phenoxy) is 2. The zero-order valence-electron chi connectivity index (χ0n) is 15.1. The molecule has 1 aromatic heterocycles. The van der Waals surface area contributed by atoms with Crippen molar-refractivity contribution >= 4 is 22.5 Å². The molecule has 3 rings (SSSR count). The van der Waals surface area contributed by atoms with E-state index in [-0.39, 0.29) is 11.7 Å². The molecular formula is C20H21FN2O3. The summed E-state index contributed by atoms with van der Waals surface area (Å²) in [5.41, 5.74) is 1.10. The second kappa shape index (κ2) is 6.71. The van der Waals surface area contributed by atoms with Gasteiger partial charge in [0, 0.05) is 23.2 Å². The van der Waals surface area contributed by atoms with E-state index in [1.54, 1.807) is 51.4 Å². The van der Waals surface area contributed by atoms with Crippen molar-refractivity contribution < 1.29 is 18.7 Å². The highest BCUT2D eigenvalue weighted by atomic mass is 19.1. The maximum absolute atomic E-state index is 13.7. The molecule has 0 bridgehead atoms. The number of aromatic nitrogens is 1. The van der Waals surface area contributed by atoms with Crippen LogP contribution in [0.15, 0.2) is 42.6 Å². The summed E-state index contributed by atoms with van der Waals surface area (Å²) in [5, 5.41) is 3.58. The van der Waals surface area contributed by atoms with Gasteiger partial charge < -0.3 is 19.8 Å². The van der Waals surface area contributed by atoms with Crippen molar-refractivity contribution in [3.63, 3.8) is 0 Å². The first-order valence-electron chi connectivity index (χ1n) is 8.17. The molecule has 2 aromatic carbocycles. The number of H-pyrrole nitrogens is 1. The van der Waals surface area contributed by atoms with Crippen molar-refractivity contribution in [2.24, 2.45) is 0 Å². The molecular weight excluding hydrogens is 335 g/mol. The molecule has 5 nitrogen and oxygen atoms in total. The molecule has 0 saturated heterocycles. The molecule has 0 aliphatic carbocycles. The fourth-order valence-corrected chi connectivity index (χ4v) is 2.92. The Kier molecular flexibility index (Phi) is 4.59. The molecule has 0 saturated carbocycles. The van der Waals surface area contributed by atoms with Gasteiger partial charge in [-0.3, -0.25) is 4.79 Å². The van der Waals surface area contributed by atoms with Gasteiger partial charge in [0.2, 0.25) is 5.91 Å². The Morgan fingerprint density at radius 1 is 1.12 bits per heavy atom. The van der Waals surface area contributed by atoms with Crippen molar-refractivity contribution in [2.75, 3.05) is 19.5 Å². The number of methoxy groups -OCH3 is 2. The molecule has 6 heteroatoms. The van der Waals surface area contributed by atoms with Crippen LogP contribution in [-0.4, -0.2) is 25.1 Å². The van der Waals surface area contributed by atoms with Crippen LogP contribution in [0.3, 0.4) is 0 Å². The van der Waals surface area contributed by atoms with Crippen LogP contribution >= 0.6 is 0 Å². The van der Waals surface area contributed by atoms with Gasteiger partial charge in [0.25, 0.3) is 0 Å². The largest absolute Gasteiger partial charge is 0.497 e. The van der Waals surface area contributed by atoms with Gasteiger partial charge in [-0.1, -0.05) is 0 Å². The predicted octanol–water partition coefficient (Wildman–Crippen LogP) is 4.24. The van der Waals surface area contributed by atoms with E-state index in [1.165, 1.54) is 19.2 Å². The van der Waals surface area contributed by atoms with E-state index in [0.29, 0.717) is 28.1 Å². The average Bonchev–Trinajstić information content (AvgIpc) is 3.05. The molecule has 0 spiro atoms.